The second-order valence-corrected chi connectivity index (χ2v) is 5.92. The molecule has 0 bridgehead atoms. The van der Waals surface area contributed by atoms with E-state index in [1.807, 2.05) is 0 Å². The molecule has 1 aromatic carbocycles. The zero-order valence-corrected chi connectivity index (χ0v) is 11.6. The highest BCUT2D eigenvalue weighted by atomic mass is 32.2. The second-order valence-electron chi connectivity index (χ2n) is 4.04. The minimum atomic E-state index is -4.18. The fraction of sp³-hybridized carbons (Fsp3) is 0.0833. The summed E-state index contributed by atoms with van der Waals surface area (Å²) < 4.78 is 38.9. The van der Waals surface area contributed by atoms with Crippen LogP contribution in [0, 0.1) is 15.9 Å². The third kappa shape index (κ3) is 2.82. The number of sulfonamides is 1. The van der Waals surface area contributed by atoms with Crippen LogP contribution >= 0.6 is 0 Å². The smallest absolute Gasteiger partial charge is 0.268 e. The van der Waals surface area contributed by atoms with E-state index >= 15 is 0 Å². The molecule has 0 fully saturated rings. The molecule has 0 amide bonds. The molecule has 0 aliphatic rings. The van der Waals surface area contributed by atoms with Crippen molar-refractivity contribution in [1.82, 2.24) is 4.98 Å². The molecule has 0 aliphatic heterocycles. The molecule has 7 nitrogen and oxygen atoms in total. The van der Waals surface area contributed by atoms with Gasteiger partial charge < -0.3 is 0 Å². The summed E-state index contributed by atoms with van der Waals surface area (Å²) in [6.45, 7) is 0. The van der Waals surface area contributed by atoms with E-state index < -0.39 is 25.8 Å². The van der Waals surface area contributed by atoms with E-state index in [2.05, 4.69) is 4.98 Å². The maximum Gasteiger partial charge on any atom is 0.284 e. The number of aromatic nitrogens is 1. The van der Waals surface area contributed by atoms with Gasteiger partial charge in [-0.15, -0.1) is 0 Å². The third-order valence-electron chi connectivity index (χ3n) is 2.75. The Kier molecular flexibility index (Phi) is 3.85. The number of halogens is 1. The minimum Gasteiger partial charge on any atom is -0.268 e. The van der Waals surface area contributed by atoms with Crippen LogP contribution in [0.2, 0.25) is 0 Å². The SMILES string of the molecule is CN(c1ccc([N+](=O)[O-])cc1)S(=O)(=O)c1ncccc1F. The van der Waals surface area contributed by atoms with Crippen molar-refractivity contribution in [2.24, 2.45) is 0 Å². The van der Waals surface area contributed by atoms with Crippen molar-refractivity contribution in [2.45, 2.75) is 5.03 Å². The van der Waals surface area contributed by atoms with Gasteiger partial charge in [-0.3, -0.25) is 14.4 Å². The highest BCUT2D eigenvalue weighted by Crippen LogP contribution is 2.24. The van der Waals surface area contributed by atoms with E-state index in [1.165, 1.54) is 31.4 Å². The first-order valence-electron chi connectivity index (χ1n) is 5.68. The number of non-ortho nitro benzene ring substituents is 1. The Morgan fingerprint density at radius 3 is 2.38 bits per heavy atom. The zero-order chi connectivity index (χ0) is 15.6. The van der Waals surface area contributed by atoms with Crippen LogP contribution in [0.4, 0.5) is 15.8 Å². The van der Waals surface area contributed by atoms with E-state index in [0.29, 0.717) is 0 Å². The number of rotatable bonds is 4. The average Bonchev–Trinajstić information content (AvgIpc) is 2.46. The fourth-order valence-corrected chi connectivity index (χ4v) is 2.78. The molecule has 21 heavy (non-hydrogen) atoms. The normalized spacial score (nSPS) is 11.1. The molecule has 2 rings (SSSR count). The van der Waals surface area contributed by atoms with Gasteiger partial charge in [0.1, 0.15) is 0 Å². The predicted molar refractivity (Wildman–Crippen MR) is 72.9 cm³/mol. The van der Waals surface area contributed by atoms with Crippen LogP contribution in [-0.2, 0) is 10.0 Å². The molecule has 9 heteroatoms. The summed E-state index contributed by atoms with van der Waals surface area (Å²) in [7, 11) is -2.97. The van der Waals surface area contributed by atoms with Gasteiger partial charge in [-0.05, 0) is 24.3 Å². The van der Waals surface area contributed by atoms with E-state index in [-0.39, 0.29) is 11.4 Å². The van der Waals surface area contributed by atoms with Crippen LogP contribution in [0.25, 0.3) is 0 Å². The molecule has 110 valence electrons. The monoisotopic (exact) mass is 311 g/mol. The van der Waals surface area contributed by atoms with Crippen molar-refractivity contribution in [1.29, 1.82) is 0 Å². The Balaban J connectivity index is 2.41. The van der Waals surface area contributed by atoms with Crippen LogP contribution < -0.4 is 4.31 Å². The van der Waals surface area contributed by atoms with Crippen molar-refractivity contribution in [3.8, 4) is 0 Å². The van der Waals surface area contributed by atoms with Gasteiger partial charge in [0.05, 0.1) is 10.6 Å². The van der Waals surface area contributed by atoms with Crippen molar-refractivity contribution < 1.29 is 17.7 Å². The molecule has 0 radical (unpaired) electrons. The maximum absolute atomic E-state index is 13.6. The third-order valence-corrected chi connectivity index (χ3v) is 4.47. The van der Waals surface area contributed by atoms with Crippen LogP contribution in [0.3, 0.4) is 0 Å². The second kappa shape index (κ2) is 5.44. The number of nitro benzene ring substituents is 1. The molecule has 0 saturated carbocycles. The molecule has 0 N–H and O–H groups in total. The highest BCUT2D eigenvalue weighted by Gasteiger charge is 2.26. The standard InChI is InChI=1S/C12H10FN3O4S/c1-15(9-4-6-10(7-5-9)16(17)18)21(19,20)12-11(13)3-2-8-14-12/h2-8H,1H3. The first-order valence-corrected chi connectivity index (χ1v) is 7.12. The lowest BCUT2D eigenvalue weighted by molar-refractivity contribution is -0.384. The Hall–Kier alpha value is -2.55. The van der Waals surface area contributed by atoms with Gasteiger partial charge in [-0.25, -0.2) is 9.37 Å². The molecule has 0 unspecified atom stereocenters. The molecular weight excluding hydrogens is 301 g/mol. The van der Waals surface area contributed by atoms with Gasteiger partial charge in [0.25, 0.3) is 15.7 Å². The molecule has 0 aliphatic carbocycles. The van der Waals surface area contributed by atoms with Gasteiger partial charge >= 0.3 is 0 Å². The number of hydrogen-bond donors (Lipinski definition) is 0. The molecule has 1 heterocycles. The number of hydrogen-bond acceptors (Lipinski definition) is 5. The topological polar surface area (TPSA) is 93.4 Å². The fourth-order valence-electron chi connectivity index (χ4n) is 1.61. The Morgan fingerprint density at radius 1 is 1.24 bits per heavy atom. The lowest BCUT2D eigenvalue weighted by atomic mass is 10.3. The molecule has 0 saturated heterocycles. The lowest BCUT2D eigenvalue weighted by Gasteiger charge is -2.18. The Morgan fingerprint density at radius 2 is 1.86 bits per heavy atom. The highest BCUT2D eigenvalue weighted by molar-refractivity contribution is 7.92. The number of nitrogens with zero attached hydrogens (tertiary/aromatic N) is 3. The molecule has 2 aromatic rings. The summed E-state index contributed by atoms with van der Waals surface area (Å²) in [5, 5.41) is 9.86. The van der Waals surface area contributed by atoms with E-state index in [1.54, 1.807) is 0 Å². The Labute approximate surface area is 119 Å². The molecule has 1 aromatic heterocycles. The quantitative estimate of drug-likeness (QED) is 0.635. The number of anilines is 1. The zero-order valence-electron chi connectivity index (χ0n) is 10.8. The van der Waals surface area contributed by atoms with Gasteiger partial charge in [-0.2, -0.15) is 8.42 Å². The number of nitro groups is 1. The summed E-state index contributed by atoms with van der Waals surface area (Å²) >= 11 is 0. The van der Waals surface area contributed by atoms with Crippen LogP contribution in [-0.4, -0.2) is 25.4 Å². The summed E-state index contributed by atoms with van der Waals surface area (Å²) in [6, 6.07) is 7.11. The first-order chi connectivity index (χ1) is 9.84. The minimum absolute atomic E-state index is 0.158. The number of benzene rings is 1. The van der Waals surface area contributed by atoms with E-state index in [9.17, 15) is 22.9 Å². The summed E-state index contributed by atoms with van der Waals surface area (Å²) in [5.41, 5.74) is -0.0146. The van der Waals surface area contributed by atoms with E-state index in [4.69, 9.17) is 0 Å². The maximum atomic E-state index is 13.6. The molecule has 0 spiro atoms. The predicted octanol–water partition coefficient (Wildman–Crippen LogP) is 1.95. The van der Waals surface area contributed by atoms with Gasteiger partial charge in [0.2, 0.25) is 5.03 Å². The average molecular weight is 311 g/mol. The lowest BCUT2D eigenvalue weighted by Crippen LogP contribution is -2.28. The van der Waals surface area contributed by atoms with Crippen molar-refractivity contribution in [3.05, 3.63) is 58.5 Å². The summed E-state index contributed by atoms with van der Waals surface area (Å²) in [4.78, 5) is 13.5. The van der Waals surface area contributed by atoms with Crippen LogP contribution in [0.5, 0.6) is 0 Å². The summed E-state index contributed by atoms with van der Waals surface area (Å²) in [5.74, 6) is -0.966. The van der Waals surface area contributed by atoms with Gasteiger partial charge in [0.15, 0.2) is 5.82 Å². The van der Waals surface area contributed by atoms with Gasteiger partial charge in [-0.1, -0.05) is 0 Å². The van der Waals surface area contributed by atoms with Crippen molar-refractivity contribution in [3.63, 3.8) is 0 Å². The van der Waals surface area contributed by atoms with Crippen LogP contribution in [0.1, 0.15) is 0 Å². The Bertz CT molecular complexity index is 777. The van der Waals surface area contributed by atoms with Crippen LogP contribution in [0.15, 0.2) is 47.6 Å². The largest absolute Gasteiger partial charge is 0.284 e. The van der Waals surface area contributed by atoms with Gasteiger partial charge in [0, 0.05) is 25.4 Å². The first kappa shape index (κ1) is 14.9. The molecule has 0 atom stereocenters. The van der Waals surface area contributed by atoms with E-state index in [0.717, 1.165) is 22.5 Å². The van der Waals surface area contributed by atoms with Crippen molar-refractivity contribution >= 4 is 21.4 Å². The number of pyridine rings is 1. The summed E-state index contributed by atoms with van der Waals surface area (Å²) in [6.07, 6.45) is 1.17. The van der Waals surface area contributed by atoms with Crippen molar-refractivity contribution in [2.75, 3.05) is 11.4 Å². The molecular formula is C12H10FN3O4S.